The maximum atomic E-state index is 11.5. The fraction of sp³-hybridized carbons (Fsp3) is 0.300. The van der Waals surface area contributed by atoms with Crippen molar-refractivity contribution in [3.63, 3.8) is 0 Å². The second kappa shape index (κ2) is 5.15. The number of carboxylic acid groups (broad SMARTS) is 1. The Kier molecular flexibility index (Phi) is 3.86. The van der Waals surface area contributed by atoms with Gasteiger partial charge in [0.2, 0.25) is 5.91 Å². The molecule has 0 aliphatic heterocycles. The van der Waals surface area contributed by atoms with E-state index in [1.54, 1.807) is 0 Å². The number of amides is 2. The molecule has 92 valence electrons. The van der Waals surface area contributed by atoms with Crippen molar-refractivity contribution in [2.75, 3.05) is 7.05 Å². The van der Waals surface area contributed by atoms with E-state index in [2.05, 4.69) is 10.6 Å². The largest absolute Gasteiger partial charge is 0.478 e. The first-order chi connectivity index (χ1) is 7.95. The zero-order valence-electron chi connectivity index (χ0n) is 9.31. The standard InChI is InChI=1S/C10H12N2O5/c1-5(8(13)11-2)12-9(14)7-3-6(4-17-7)10(15)16/h3-5H,1-2H3,(H,11,13)(H,12,14)(H,15,16). The molecule has 1 aromatic heterocycles. The van der Waals surface area contributed by atoms with Crippen molar-refractivity contribution in [2.45, 2.75) is 13.0 Å². The molecule has 1 heterocycles. The maximum absolute atomic E-state index is 11.5. The average Bonchev–Trinajstić information content (AvgIpc) is 2.77. The quantitative estimate of drug-likeness (QED) is 0.677. The second-order valence-corrected chi connectivity index (χ2v) is 3.31. The number of likely N-dealkylation sites (N-methyl/N-ethyl adjacent to an activating group) is 1. The van der Waals surface area contributed by atoms with Crippen molar-refractivity contribution >= 4 is 17.8 Å². The van der Waals surface area contributed by atoms with Crippen LogP contribution in [0.2, 0.25) is 0 Å². The molecule has 3 N–H and O–H groups in total. The van der Waals surface area contributed by atoms with E-state index in [0.717, 1.165) is 12.3 Å². The topological polar surface area (TPSA) is 109 Å². The molecule has 17 heavy (non-hydrogen) atoms. The summed E-state index contributed by atoms with van der Waals surface area (Å²) in [5, 5.41) is 13.4. The molecular formula is C10H12N2O5. The van der Waals surface area contributed by atoms with Crippen LogP contribution in [-0.2, 0) is 4.79 Å². The van der Waals surface area contributed by atoms with E-state index in [1.807, 2.05) is 0 Å². The molecule has 0 fully saturated rings. The van der Waals surface area contributed by atoms with Crippen LogP contribution in [0.4, 0.5) is 0 Å². The van der Waals surface area contributed by atoms with Gasteiger partial charge in [-0.2, -0.15) is 0 Å². The molecule has 1 rings (SSSR count). The normalized spacial score (nSPS) is 11.6. The number of aromatic carboxylic acids is 1. The summed E-state index contributed by atoms with van der Waals surface area (Å²) in [5.41, 5.74) is -0.122. The van der Waals surface area contributed by atoms with E-state index >= 15 is 0 Å². The first-order valence-electron chi connectivity index (χ1n) is 4.80. The van der Waals surface area contributed by atoms with Crippen molar-refractivity contribution in [2.24, 2.45) is 0 Å². The van der Waals surface area contributed by atoms with Gasteiger partial charge in [-0.25, -0.2) is 4.79 Å². The minimum atomic E-state index is -1.19. The number of furan rings is 1. The second-order valence-electron chi connectivity index (χ2n) is 3.31. The summed E-state index contributed by atoms with van der Waals surface area (Å²) in [5.74, 6) is -2.35. The predicted molar refractivity (Wildman–Crippen MR) is 56.7 cm³/mol. The third kappa shape index (κ3) is 3.07. The third-order valence-corrected chi connectivity index (χ3v) is 2.06. The SMILES string of the molecule is CNC(=O)C(C)NC(=O)c1cc(C(=O)O)co1. The summed E-state index contributed by atoms with van der Waals surface area (Å²) in [7, 11) is 1.44. The molecule has 7 nitrogen and oxygen atoms in total. The predicted octanol–water partition coefficient (Wildman–Crippen LogP) is -0.158. The Morgan fingerprint density at radius 1 is 1.41 bits per heavy atom. The zero-order chi connectivity index (χ0) is 13.0. The van der Waals surface area contributed by atoms with Crippen molar-refractivity contribution < 1.29 is 23.9 Å². The van der Waals surface area contributed by atoms with Crippen LogP contribution in [-0.4, -0.2) is 36.0 Å². The first kappa shape index (κ1) is 12.8. The van der Waals surface area contributed by atoms with Crippen molar-refractivity contribution in [3.8, 4) is 0 Å². The van der Waals surface area contributed by atoms with Gasteiger partial charge in [0, 0.05) is 13.1 Å². The van der Waals surface area contributed by atoms with Crippen LogP contribution in [0, 0.1) is 0 Å². The molecule has 1 atom stereocenters. The minimum absolute atomic E-state index is 0.122. The van der Waals surface area contributed by atoms with Gasteiger partial charge in [0.25, 0.3) is 5.91 Å². The molecule has 0 spiro atoms. The van der Waals surface area contributed by atoms with Gasteiger partial charge < -0.3 is 20.2 Å². The molecule has 0 aliphatic carbocycles. The lowest BCUT2D eigenvalue weighted by atomic mass is 10.2. The van der Waals surface area contributed by atoms with Gasteiger partial charge in [0.05, 0.1) is 5.56 Å². The third-order valence-electron chi connectivity index (χ3n) is 2.06. The Morgan fingerprint density at radius 2 is 2.06 bits per heavy atom. The van der Waals surface area contributed by atoms with Crippen LogP contribution in [0.5, 0.6) is 0 Å². The lowest BCUT2D eigenvalue weighted by Crippen LogP contribution is -2.43. The van der Waals surface area contributed by atoms with Gasteiger partial charge in [-0.15, -0.1) is 0 Å². The number of hydrogen-bond donors (Lipinski definition) is 3. The van der Waals surface area contributed by atoms with Gasteiger partial charge in [-0.3, -0.25) is 9.59 Å². The highest BCUT2D eigenvalue weighted by Crippen LogP contribution is 2.07. The van der Waals surface area contributed by atoms with Crippen LogP contribution in [0.25, 0.3) is 0 Å². The summed E-state index contributed by atoms with van der Waals surface area (Å²) < 4.78 is 4.78. The summed E-state index contributed by atoms with van der Waals surface area (Å²) in [6, 6.07) is 0.361. The van der Waals surface area contributed by atoms with Crippen LogP contribution < -0.4 is 10.6 Å². The van der Waals surface area contributed by atoms with Crippen molar-refractivity contribution in [1.82, 2.24) is 10.6 Å². The molecule has 7 heteroatoms. The Labute approximate surface area is 96.8 Å². The number of carbonyl (C=O) groups excluding carboxylic acids is 2. The fourth-order valence-electron chi connectivity index (χ4n) is 1.12. The molecule has 0 bridgehead atoms. The highest BCUT2D eigenvalue weighted by molar-refractivity contribution is 5.97. The molecular weight excluding hydrogens is 228 g/mol. The summed E-state index contributed by atoms with van der Waals surface area (Å²) in [4.78, 5) is 33.2. The van der Waals surface area contributed by atoms with Crippen LogP contribution >= 0.6 is 0 Å². The monoisotopic (exact) mass is 240 g/mol. The van der Waals surface area contributed by atoms with Crippen molar-refractivity contribution in [3.05, 3.63) is 23.7 Å². The number of hydrogen-bond acceptors (Lipinski definition) is 4. The number of carbonyl (C=O) groups is 3. The maximum Gasteiger partial charge on any atom is 0.338 e. The van der Waals surface area contributed by atoms with Crippen LogP contribution in [0.15, 0.2) is 16.7 Å². The molecule has 0 saturated carbocycles. The fourth-order valence-corrected chi connectivity index (χ4v) is 1.12. The smallest absolute Gasteiger partial charge is 0.338 e. The highest BCUT2D eigenvalue weighted by Gasteiger charge is 2.19. The Hall–Kier alpha value is -2.31. The van der Waals surface area contributed by atoms with Crippen LogP contribution in [0.3, 0.4) is 0 Å². The van der Waals surface area contributed by atoms with E-state index < -0.39 is 17.9 Å². The van der Waals surface area contributed by atoms with Crippen molar-refractivity contribution in [1.29, 1.82) is 0 Å². The van der Waals surface area contributed by atoms with Gasteiger partial charge >= 0.3 is 5.97 Å². The van der Waals surface area contributed by atoms with Crippen LogP contribution in [0.1, 0.15) is 27.8 Å². The van der Waals surface area contributed by atoms with E-state index in [1.165, 1.54) is 14.0 Å². The van der Waals surface area contributed by atoms with Gasteiger partial charge in [0.1, 0.15) is 12.3 Å². The lowest BCUT2D eigenvalue weighted by Gasteiger charge is -2.10. The minimum Gasteiger partial charge on any atom is -0.478 e. The van der Waals surface area contributed by atoms with E-state index in [0.29, 0.717) is 0 Å². The number of rotatable bonds is 4. The van der Waals surface area contributed by atoms with Gasteiger partial charge in [-0.05, 0) is 6.92 Å². The Bertz CT molecular complexity index is 451. The molecule has 1 unspecified atom stereocenters. The molecule has 0 radical (unpaired) electrons. The number of carboxylic acids is 1. The molecule has 0 saturated heterocycles. The van der Waals surface area contributed by atoms with E-state index in [9.17, 15) is 14.4 Å². The van der Waals surface area contributed by atoms with Gasteiger partial charge in [0.15, 0.2) is 5.76 Å². The molecule has 0 aliphatic rings. The lowest BCUT2D eigenvalue weighted by molar-refractivity contribution is -0.122. The molecule has 0 aromatic carbocycles. The highest BCUT2D eigenvalue weighted by atomic mass is 16.4. The first-order valence-corrected chi connectivity index (χ1v) is 4.80. The summed E-state index contributed by atoms with van der Waals surface area (Å²) in [6.45, 7) is 1.50. The average molecular weight is 240 g/mol. The molecule has 2 amide bonds. The van der Waals surface area contributed by atoms with E-state index in [-0.39, 0.29) is 17.2 Å². The zero-order valence-corrected chi connectivity index (χ0v) is 9.31. The Morgan fingerprint density at radius 3 is 2.53 bits per heavy atom. The molecule has 1 aromatic rings. The summed E-state index contributed by atoms with van der Waals surface area (Å²) >= 11 is 0. The van der Waals surface area contributed by atoms with E-state index in [4.69, 9.17) is 9.52 Å². The summed E-state index contributed by atoms with van der Waals surface area (Å²) in [6.07, 6.45) is 0.960. The number of nitrogens with one attached hydrogen (secondary N) is 2. The van der Waals surface area contributed by atoms with Gasteiger partial charge in [-0.1, -0.05) is 0 Å². The Balaban J connectivity index is 2.70.